The van der Waals surface area contributed by atoms with E-state index in [4.69, 9.17) is 5.26 Å². The van der Waals surface area contributed by atoms with E-state index in [1.165, 1.54) is 18.5 Å². The minimum atomic E-state index is -0.727. The Balaban J connectivity index is 1.61. The van der Waals surface area contributed by atoms with Gasteiger partial charge in [0.25, 0.3) is 0 Å². The minimum Gasteiger partial charge on any atom is -0.350 e. The van der Waals surface area contributed by atoms with Crippen LogP contribution in [0.1, 0.15) is 11.3 Å². The molecule has 6 nitrogen and oxygen atoms in total. The van der Waals surface area contributed by atoms with E-state index >= 15 is 0 Å². The predicted molar refractivity (Wildman–Crippen MR) is 85.6 cm³/mol. The summed E-state index contributed by atoms with van der Waals surface area (Å²) in [6.45, 7) is 1.03. The van der Waals surface area contributed by atoms with E-state index in [-0.39, 0.29) is 29.6 Å². The zero-order valence-corrected chi connectivity index (χ0v) is 13.5. The molecule has 0 atom stereocenters. The zero-order valence-electron chi connectivity index (χ0n) is 13.5. The van der Waals surface area contributed by atoms with E-state index < -0.39 is 11.6 Å². The van der Waals surface area contributed by atoms with Gasteiger partial charge in [-0.05, 0) is 11.6 Å². The van der Waals surface area contributed by atoms with Gasteiger partial charge < -0.3 is 9.80 Å². The van der Waals surface area contributed by atoms with Crippen LogP contribution in [-0.2, 0) is 11.2 Å². The Hall–Kier alpha value is -3.08. The second kappa shape index (κ2) is 6.81. The van der Waals surface area contributed by atoms with Gasteiger partial charge in [0.1, 0.15) is 17.7 Å². The number of benzene rings is 1. The lowest BCUT2D eigenvalue weighted by Gasteiger charge is -2.44. The molecule has 2 heterocycles. The van der Waals surface area contributed by atoms with Crippen molar-refractivity contribution in [2.45, 2.75) is 12.5 Å². The highest BCUT2D eigenvalue weighted by atomic mass is 19.1. The quantitative estimate of drug-likeness (QED) is 0.841. The maximum atomic E-state index is 13.7. The fourth-order valence-corrected chi connectivity index (χ4v) is 2.67. The van der Waals surface area contributed by atoms with Gasteiger partial charge in [0.05, 0.1) is 12.5 Å². The van der Waals surface area contributed by atoms with Crippen LogP contribution in [0.5, 0.6) is 0 Å². The number of aromatic nitrogens is 2. The molecule has 2 aromatic rings. The van der Waals surface area contributed by atoms with Crippen molar-refractivity contribution in [1.82, 2.24) is 14.9 Å². The highest BCUT2D eigenvalue weighted by Gasteiger charge is 2.34. The maximum Gasteiger partial charge on any atom is 0.227 e. The van der Waals surface area contributed by atoms with Crippen molar-refractivity contribution < 1.29 is 13.6 Å². The number of likely N-dealkylation sites (N-methyl/N-ethyl adjacent to an activating group) is 1. The molecule has 8 heteroatoms. The van der Waals surface area contributed by atoms with Crippen LogP contribution in [0.15, 0.2) is 30.6 Å². The molecule has 1 amide bonds. The molecule has 0 bridgehead atoms. The van der Waals surface area contributed by atoms with Crippen molar-refractivity contribution in [1.29, 1.82) is 5.26 Å². The summed E-state index contributed by atoms with van der Waals surface area (Å²) in [6, 6.07) is 5.10. The van der Waals surface area contributed by atoms with Crippen LogP contribution in [0.25, 0.3) is 0 Å². The summed E-state index contributed by atoms with van der Waals surface area (Å²) in [5.41, 5.74) is 0.401. The second-order valence-electron chi connectivity index (χ2n) is 5.82. The van der Waals surface area contributed by atoms with Crippen molar-refractivity contribution in [2.24, 2.45) is 0 Å². The van der Waals surface area contributed by atoms with Crippen molar-refractivity contribution in [2.75, 3.05) is 25.0 Å². The van der Waals surface area contributed by atoms with Gasteiger partial charge >= 0.3 is 0 Å². The molecule has 1 fully saturated rings. The van der Waals surface area contributed by atoms with Crippen molar-refractivity contribution in [3.8, 4) is 6.07 Å². The molecule has 0 spiro atoms. The summed E-state index contributed by atoms with van der Waals surface area (Å²) in [7, 11) is 1.65. The van der Waals surface area contributed by atoms with Gasteiger partial charge in [-0.15, -0.1) is 0 Å². The van der Waals surface area contributed by atoms with Crippen LogP contribution < -0.4 is 4.90 Å². The molecule has 1 aromatic heterocycles. The van der Waals surface area contributed by atoms with Crippen LogP contribution in [-0.4, -0.2) is 47.0 Å². The van der Waals surface area contributed by atoms with Gasteiger partial charge in [-0.25, -0.2) is 18.7 Å². The van der Waals surface area contributed by atoms with Gasteiger partial charge in [0.2, 0.25) is 5.91 Å². The molecule has 0 radical (unpaired) electrons. The molecular weight excluding hydrogens is 328 g/mol. The molecular formula is C17H15F2N5O. The lowest BCUT2D eigenvalue weighted by molar-refractivity contribution is -0.131. The lowest BCUT2D eigenvalue weighted by Crippen LogP contribution is -2.60. The van der Waals surface area contributed by atoms with Crippen LogP contribution >= 0.6 is 0 Å². The number of amides is 1. The number of hydrogen-bond acceptors (Lipinski definition) is 5. The molecule has 1 aliphatic rings. The first-order valence-corrected chi connectivity index (χ1v) is 7.65. The Morgan fingerprint density at radius 3 is 2.76 bits per heavy atom. The summed E-state index contributed by atoms with van der Waals surface area (Å²) in [6.07, 6.45) is 2.83. The molecule has 0 saturated carbocycles. The first kappa shape index (κ1) is 16.8. The number of hydrogen-bond donors (Lipinski definition) is 0. The molecule has 0 N–H and O–H groups in total. The number of rotatable bonds is 4. The van der Waals surface area contributed by atoms with E-state index in [2.05, 4.69) is 9.97 Å². The van der Waals surface area contributed by atoms with E-state index in [0.717, 1.165) is 12.1 Å². The standard InChI is InChI=1S/C17H15F2N5O/c1-23(16(25)6-11-2-3-12(18)7-14(11)19)13-9-24(10-13)17-15(8-20)21-4-5-22-17/h2-5,7,13H,6,9-10H2,1H3. The second-order valence-corrected chi connectivity index (χ2v) is 5.82. The number of nitriles is 1. The first-order valence-electron chi connectivity index (χ1n) is 7.65. The van der Waals surface area contributed by atoms with Crippen molar-refractivity contribution in [3.63, 3.8) is 0 Å². The van der Waals surface area contributed by atoms with Crippen molar-refractivity contribution >= 4 is 11.7 Å². The number of nitrogens with zero attached hydrogens (tertiary/aromatic N) is 5. The molecule has 0 aliphatic carbocycles. The molecule has 25 heavy (non-hydrogen) atoms. The maximum absolute atomic E-state index is 13.7. The average molecular weight is 343 g/mol. The van der Waals surface area contributed by atoms with Crippen LogP contribution in [0.3, 0.4) is 0 Å². The van der Waals surface area contributed by atoms with Gasteiger partial charge in [0, 0.05) is 38.6 Å². The van der Waals surface area contributed by atoms with Gasteiger partial charge in [-0.2, -0.15) is 5.26 Å². The third-order valence-electron chi connectivity index (χ3n) is 4.24. The molecule has 1 aliphatic heterocycles. The Morgan fingerprint density at radius 1 is 1.36 bits per heavy atom. The molecule has 0 unspecified atom stereocenters. The number of carbonyl (C=O) groups is 1. The third kappa shape index (κ3) is 3.40. The SMILES string of the molecule is CN(C(=O)Cc1ccc(F)cc1F)C1CN(c2nccnc2C#N)C1. The van der Waals surface area contributed by atoms with Crippen LogP contribution in [0.4, 0.5) is 14.6 Å². The Bertz CT molecular complexity index is 845. The average Bonchev–Trinajstić information content (AvgIpc) is 2.56. The zero-order chi connectivity index (χ0) is 18.0. The fraction of sp³-hybridized carbons (Fsp3) is 0.294. The largest absolute Gasteiger partial charge is 0.350 e. The Labute approximate surface area is 143 Å². The number of anilines is 1. The van der Waals surface area contributed by atoms with E-state index in [1.54, 1.807) is 11.9 Å². The fourth-order valence-electron chi connectivity index (χ4n) is 2.67. The highest BCUT2D eigenvalue weighted by Crippen LogP contribution is 2.23. The number of halogens is 2. The van der Waals surface area contributed by atoms with E-state index in [9.17, 15) is 13.6 Å². The van der Waals surface area contributed by atoms with Crippen LogP contribution in [0, 0.1) is 23.0 Å². The predicted octanol–water partition coefficient (Wildman–Crippen LogP) is 1.52. The summed E-state index contributed by atoms with van der Waals surface area (Å²) in [4.78, 5) is 23.8. The molecule has 128 valence electrons. The topological polar surface area (TPSA) is 73.1 Å². The van der Waals surface area contributed by atoms with Gasteiger partial charge in [0.15, 0.2) is 11.5 Å². The summed E-state index contributed by atoms with van der Waals surface area (Å²) in [5.74, 6) is -1.16. The summed E-state index contributed by atoms with van der Waals surface area (Å²) >= 11 is 0. The third-order valence-corrected chi connectivity index (χ3v) is 4.24. The summed E-state index contributed by atoms with van der Waals surface area (Å²) < 4.78 is 26.6. The van der Waals surface area contributed by atoms with Crippen LogP contribution in [0.2, 0.25) is 0 Å². The van der Waals surface area contributed by atoms with Gasteiger partial charge in [-0.3, -0.25) is 4.79 Å². The molecule has 1 aromatic carbocycles. The normalized spacial score (nSPS) is 13.9. The minimum absolute atomic E-state index is 0.0652. The smallest absolute Gasteiger partial charge is 0.227 e. The van der Waals surface area contributed by atoms with E-state index in [0.29, 0.717) is 18.9 Å². The lowest BCUT2D eigenvalue weighted by atomic mass is 10.1. The first-order chi connectivity index (χ1) is 12.0. The van der Waals surface area contributed by atoms with Gasteiger partial charge in [-0.1, -0.05) is 6.07 Å². The monoisotopic (exact) mass is 343 g/mol. The molecule has 3 rings (SSSR count). The Morgan fingerprint density at radius 2 is 2.08 bits per heavy atom. The van der Waals surface area contributed by atoms with E-state index in [1.807, 2.05) is 11.0 Å². The summed E-state index contributed by atoms with van der Waals surface area (Å²) in [5, 5.41) is 9.05. The number of carbonyl (C=O) groups excluding carboxylic acids is 1. The Kier molecular flexibility index (Phi) is 4.57. The highest BCUT2D eigenvalue weighted by molar-refractivity contribution is 5.79. The molecule has 1 saturated heterocycles. The van der Waals surface area contributed by atoms with Crippen molar-refractivity contribution in [3.05, 3.63) is 53.5 Å².